The first-order chi connectivity index (χ1) is 5.54. The van der Waals surface area contributed by atoms with Crippen LogP contribution < -0.4 is 0 Å². The van der Waals surface area contributed by atoms with Crippen LogP contribution in [0.5, 0.6) is 0 Å². The second kappa shape index (κ2) is 5.60. The fourth-order valence-corrected chi connectivity index (χ4v) is 1.42. The summed E-state index contributed by atoms with van der Waals surface area (Å²) < 4.78 is 26.1. The summed E-state index contributed by atoms with van der Waals surface area (Å²) in [6.07, 6.45) is 0. The highest BCUT2D eigenvalue weighted by Gasteiger charge is 2.35. The summed E-state index contributed by atoms with van der Waals surface area (Å²) in [5, 5.41) is 0. The predicted octanol–water partition coefficient (Wildman–Crippen LogP) is 2.12. The van der Waals surface area contributed by atoms with E-state index in [1.807, 2.05) is 13.8 Å². The summed E-state index contributed by atoms with van der Waals surface area (Å²) in [6, 6.07) is 0. The Bertz CT molecular complexity index is 142. The van der Waals surface area contributed by atoms with E-state index in [9.17, 15) is 4.57 Å². The molecule has 1 atom stereocenters. The Hall–Kier alpha value is -0.0200. The molecule has 0 heterocycles. The molecule has 0 bridgehead atoms. The van der Waals surface area contributed by atoms with E-state index in [0.717, 1.165) is 0 Å². The quantitative estimate of drug-likeness (QED) is 0.481. The van der Waals surface area contributed by atoms with Crippen LogP contribution in [0.15, 0.2) is 0 Å². The van der Waals surface area contributed by atoms with E-state index < -0.39 is 14.0 Å². The van der Waals surface area contributed by atoms with Crippen molar-refractivity contribution in [2.24, 2.45) is 0 Å². The minimum absolute atomic E-state index is 0.458. The standard InChI is InChI=1S/C7H16O4P/c1-5-9-7(3,10-6-2)11-12(4)8/h5-6H2,1-4H3/q+1. The fraction of sp³-hybridized carbons (Fsp3) is 1.00. The number of rotatable bonds is 6. The smallest absolute Gasteiger partial charge is 0.325 e. The van der Waals surface area contributed by atoms with E-state index in [1.54, 1.807) is 6.92 Å². The van der Waals surface area contributed by atoms with E-state index in [-0.39, 0.29) is 0 Å². The molecule has 0 rings (SSSR count). The van der Waals surface area contributed by atoms with Crippen LogP contribution in [-0.4, -0.2) is 25.9 Å². The second-order valence-electron chi connectivity index (χ2n) is 2.26. The fourth-order valence-electron chi connectivity index (χ4n) is 0.852. The van der Waals surface area contributed by atoms with Gasteiger partial charge < -0.3 is 9.47 Å². The molecule has 0 aromatic rings. The van der Waals surface area contributed by atoms with Crippen molar-refractivity contribution in [1.29, 1.82) is 0 Å². The largest absolute Gasteiger partial charge is 0.510 e. The lowest BCUT2D eigenvalue weighted by atomic mass is 10.6. The van der Waals surface area contributed by atoms with Gasteiger partial charge in [0.1, 0.15) is 0 Å². The molecule has 0 aromatic carbocycles. The van der Waals surface area contributed by atoms with E-state index in [1.165, 1.54) is 6.66 Å². The van der Waals surface area contributed by atoms with Crippen molar-refractivity contribution in [3.63, 3.8) is 0 Å². The molecule has 5 heteroatoms. The molecule has 1 unspecified atom stereocenters. The number of hydrogen-bond donors (Lipinski definition) is 0. The van der Waals surface area contributed by atoms with Crippen LogP contribution >= 0.6 is 8.03 Å². The molecule has 0 amide bonds. The van der Waals surface area contributed by atoms with Gasteiger partial charge in [-0.05, 0) is 18.4 Å². The highest BCUT2D eigenvalue weighted by atomic mass is 31.1. The van der Waals surface area contributed by atoms with Crippen LogP contribution in [0.25, 0.3) is 0 Å². The van der Waals surface area contributed by atoms with Crippen LogP contribution in [0, 0.1) is 0 Å². The zero-order valence-corrected chi connectivity index (χ0v) is 8.89. The normalized spacial score (nSPS) is 13.2. The predicted molar refractivity (Wildman–Crippen MR) is 46.3 cm³/mol. The number of hydrogen-bond acceptors (Lipinski definition) is 4. The Morgan fingerprint density at radius 1 is 1.25 bits per heavy atom. The summed E-state index contributed by atoms with van der Waals surface area (Å²) >= 11 is 0. The highest BCUT2D eigenvalue weighted by molar-refractivity contribution is 7.38. The van der Waals surface area contributed by atoms with Crippen molar-refractivity contribution in [2.45, 2.75) is 26.7 Å². The Morgan fingerprint density at radius 3 is 1.92 bits per heavy atom. The Kier molecular flexibility index (Phi) is 5.59. The molecule has 0 spiro atoms. The maximum Gasteiger partial charge on any atom is 0.510 e. The molecule has 0 saturated heterocycles. The topological polar surface area (TPSA) is 44.8 Å². The van der Waals surface area contributed by atoms with Gasteiger partial charge in [-0.2, -0.15) is 0 Å². The van der Waals surface area contributed by atoms with Gasteiger partial charge in [0.25, 0.3) is 0 Å². The Morgan fingerprint density at radius 2 is 1.67 bits per heavy atom. The maximum absolute atomic E-state index is 10.8. The zero-order valence-electron chi connectivity index (χ0n) is 7.99. The number of ether oxygens (including phenoxy) is 2. The van der Waals surface area contributed by atoms with Crippen LogP contribution in [0.2, 0.25) is 0 Å². The Balaban J connectivity index is 4.07. The highest BCUT2D eigenvalue weighted by Crippen LogP contribution is 2.28. The van der Waals surface area contributed by atoms with Crippen LogP contribution in [0.3, 0.4) is 0 Å². The third kappa shape index (κ3) is 4.78. The second-order valence-corrected chi connectivity index (χ2v) is 3.32. The molecule has 0 aliphatic rings. The van der Waals surface area contributed by atoms with Gasteiger partial charge in [-0.25, -0.2) is 0 Å². The first-order valence-corrected chi connectivity index (χ1v) is 5.54. The monoisotopic (exact) mass is 195 g/mol. The zero-order chi connectivity index (χ0) is 9.61. The lowest BCUT2D eigenvalue weighted by Gasteiger charge is -2.22. The van der Waals surface area contributed by atoms with Crippen molar-refractivity contribution >= 4 is 8.03 Å². The SMILES string of the molecule is CCOC(C)(OCC)O[P+](C)=O. The van der Waals surface area contributed by atoms with E-state index in [4.69, 9.17) is 14.0 Å². The first kappa shape index (κ1) is 12.0. The molecule has 0 radical (unpaired) electrons. The average Bonchev–Trinajstić information content (AvgIpc) is 1.85. The lowest BCUT2D eigenvalue weighted by Crippen LogP contribution is -2.33. The summed E-state index contributed by atoms with van der Waals surface area (Å²) in [5.74, 6) is -1.16. The minimum Gasteiger partial charge on any atom is -0.325 e. The Labute approximate surface area is 74.1 Å². The average molecular weight is 195 g/mol. The first-order valence-electron chi connectivity index (χ1n) is 3.92. The van der Waals surface area contributed by atoms with Crippen LogP contribution in [0.4, 0.5) is 0 Å². The molecule has 0 aliphatic carbocycles. The van der Waals surface area contributed by atoms with E-state index >= 15 is 0 Å². The summed E-state index contributed by atoms with van der Waals surface area (Å²) in [6.45, 7) is 7.63. The molecule has 0 fully saturated rings. The van der Waals surface area contributed by atoms with E-state index in [2.05, 4.69) is 0 Å². The van der Waals surface area contributed by atoms with E-state index in [0.29, 0.717) is 13.2 Å². The summed E-state index contributed by atoms with van der Waals surface area (Å²) in [5.41, 5.74) is 0. The van der Waals surface area contributed by atoms with Gasteiger partial charge >= 0.3 is 14.0 Å². The van der Waals surface area contributed by atoms with Gasteiger partial charge in [-0.3, -0.25) is 0 Å². The van der Waals surface area contributed by atoms with Gasteiger partial charge in [-0.1, -0.05) is 4.52 Å². The molecule has 0 aromatic heterocycles. The summed E-state index contributed by atoms with van der Waals surface area (Å²) in [7, 11) is -1.71. The van der Waals surface area contributed by atoms with Crippen LogP contribution in [0.1, 0.15) is 20.8 Å². The van der Waals surface area contributed by atoms with Crippen molar-refractivity contribution < 1.29 is 18.6 Å². The van der Waals surface area contributed by atoms with Gasteiger partial charge in [0, 0.05) is 20.1 Å². The van der Waals surface area contributed by atoms with Crippen molar-refractivity contribution in [2.75, 3.05) is 19.9 Å². The van der Waals surface area contributed by atoms with Crippen molar-refractivity contribution in [3.8, 4) is 0 Å². The third-order valence-electron chi connectivity index (χ3n) is 1.11. The van der Waals surface area contributed by atoms with Crippen molar-refractivity contribution in [3.05, 3.63) is 0 Å². The molecule has 0 N–H and O–H groups in total. The van der Waals surface area contributed by atoms with Gasteiger partial charge in [0.2, 0.25) is 0 Å². The maximum atomic E-state index is 10.8. The third-order valence-corrected chi connectivity index (χ3v) is 1.70. The summed E-state index contributed by atoms with van der Waals surface area (Å²) in [4.78, 5) is 0. The molecular formula is C7H16O4P+. The molecule has 0 aliphatic heterocycles. The molecule has 72 valence electrons. The molecule has 12 heavy (non-hydrogen) atoms. The molecule has 4 nitrogen and oxygen atoms in total. The van der Waals surface area contributed by atoms with Gasteiger partial charge in [0.15, 0.2) is 6.66 Å². The van der Waals surface area contributed by atoms with Crippen molar-refractivity contribution in [1.82, 2.24) is 0 Å². The molecule has 0 saturated carbocycles. The van der Waals surface area contributed by atoms with Gasteiger partial charge in [-0.15, -0.1) is 0 Å². The minimum atomic E-state index is -1.71. The van der Waals surface area contributed by atoms with Gasteiger partial charge in [0.05, 0.1) is 0 Å². The lowest BCUT2D eigenvalue weighted by molar-refractivity contribution is -0.327. The van der Waals surface area contributed by atoms with Crippen LogP contribution in [-0.2, 0) is 18.6 Å². The molecular weight excluding hydrogens is 179 g/mol.